The van der Waals surface area contributed by atoms with Crippen LogP contribution < -0.4 is 0 Å². The molecule has 0 saturated carbocycles. The lowest BCUT2D eigenvalue weighted by molar-refractivity contribution is 0.0653. The lowest BCUT2D eigenvalue weighted by atomic mass is 9.97. The predicted molar refractivity (Wildman–Crippen MR) is 69.8 cm³/mol. The number of rotatable bonds is 8. The molecule has 1 aliphatic rings. The third-order valence-electron chi connectivity index (χ3n) is 3.53. The molecule has 0 radical (unpaired) electrons. The lowest BCUT2D eigenvalue weighted by Gasteiger charge is -2.31. The van der Waals surface area contributed by atoms with Crippen molar-refractivity contribution in [2.75, 3.05) is 32.8 Å². The molecule has 96 valence electrons. The van der Waals surface area contributed by atoms with E-state index in [4.69, 9.17) is 4.74 Å². The number of piperidine rings is 1. The van der Waals surface area contributed by atoms with Gasteiger partial charge in [-0.05, 0) is 51.2 Å². The van der Waals surface area contributed by atoms with E-state index in [1.54, 1.807) is 0 Å². The van der Waals surface area contributed by atoms with Crippen LogP contribution in [0.1, 0.15) is 52.4 Å². The van der Waals surface area contributed by atoms with E-state index in [-0.39, 0.29) is 0 Å². The second kappa shape index (κ2) is 9.00. The van der Waals surface area contributed by atoms with E-state index < -0.39 is 0 Å². The van der Waals surface area contributed by atoms with Crippen molar-refractivity contribution < 1.29 is 4.74 Å². The molecule has 1 heterocycles. The number of likely N-dealkylation sites (tertiary alicyclic amines) is 1. The second-order valence-corrected chi connectivity index (χ2v) is 5.07. The van der Waals surface area contributed by atoms with Gasteiger partial charge in [-0.1, -0.05) is 26.7 Å². The summed E-state index contributed by atoms with van der Waals surface area (Å²) in [7, 11) is 0. The van der Waals surface area contributed by atoms with Crippen LogP contribution in [0.2, 0.25) is 0 Å². The Labute approximate surface area is 101 Å². The van der Waals surface area contributed by atoms with Gasteiger partial charge in [0.15, 0.2) is 0 Å². The van der Waals surface area contributed by atoms with Crippen molar-refractivity contribution in [2.45, 2.75) is 52.4 Å². The van der Waals surface area contributed by atoms with E-state index >= 15 is 0 Å². The van der Waals surface area contributed by atoms with E-state index in [1.807, 2.05) is 0 Å². The van der Waals surface area contributed by atoms with E-state index in [0.717, 1.165) is 19.1 Å². The van der Waals surface area contributed by atoms with Gasteiger partial charge in [0.1, 0.15) is 0 Å². The Balaban J connectivity index is 1.98. The van der Waals surface area contributed by atoms with E-state index in [1.165, 1.54) is 58.2 Å². The summed E-state index contributed by atoms with van der Waals surface area (Å²) in [5, 5.41) is 0. The molecular formula is C14H29NO. The summed E-state index contributed by atoms with van der Waals surface area (Å²) in [5.41, 5.74) is 0. The molecule has 1 fully saturated rings. The minimum absolute atomic E-state index is 0.828. The van der Waals surface area contributed by atoms with Crippen molar-refractivity contribution in [1.82, 2.24) is 4.90 Å². The summed E-state index contributed by atoms with van der Waals surface area (Å²) < 4.78 is 5.71. The fourth-order valence-corrected chi connectivity index (χ4v) is 2.25. The first-order chi connectivity index (χ1) is 7.86. The summed E-state index contributed by atoms with van der Waals surface area (Å²) in [5.74, 6) is 0.828. The number of nitrogens with zero attached hydrogens (tertiary/aromatic N) is 1. The number of unbranched alkanes of at least 4 members (excludes halogenated alkanes) is 2. The Morgan fingerprint density at radius 3 is 2.38 bits per heavy atom. The fourth-order valence-electron chi connectivity index (χ4n) is 2.25. The Hall–Kier alpha value is -0.0800. The van der Waals surface area contributed by atoms with Crippen LogP contribution in [0.15, 0.2) is 0 Å². The highest BCUT2D eigenvalue weighted by atomic mass is 16.5. The van der Waals surface area contributed by atoms with Gasteiger partial charge < -0.3 is 9.64 Å². The molecule has 0 unspecified atom stereocenters. The standard InChI is InChI=1S/C14H29NO/c1-3-5-9-15-10-7-14(8-11-15)13-16-12-6-4-2/h14H,3-13H2,1-2H3. The van der Waals surface area contributed by atoms with Crippen LogP contribution in [0.4, 0.5) is 0 Å². The average Bonchev–Trinajstić information content (AvgIpc) is 2.33. The minimum Gasteiger partial charge on any atom is -0.381 e. The number of hydrogen-bond acceptors (Lipinski definition) is 2. The van der Waals surface area contributed by atoms with Gasteiger partial charge in [-0.25, -0.2) is 0 Å². The van der Waals surface area contributed by atoms with Gasteiger partial charge in [0.2, 0.25) is 0 Å². The molecule has 0 spiro atoms. The first-order valence-electron chi connectivity index (χ1n) is 7.16. The Morgan fingerprint density at radius 1 is 1.06 bits per heavy atom. The van der Waals surface area contributed by atoms with Crippen molar-refractivity contribution in [3.05, 3.63) is 0 Å². The van der Waals surface area contributed by atoms with Gasteiger partial charge in [-0.2, -0.15) is 0 Å². The zero-order chi connectivity index (χ0) is 11.6. The van der Waals surface area contributed by atoms with Gasteiger partial charge in [-0.3, -0.25) is 0 Å². The SMILES string of the molecule is CCCCOCC1CCN(CCCC)CC1. The molecule has 2 heteroatoms. The molecule has 0 aliphatic carbocycles. The summed E-state index contributed by atoms with van der Waals surface area (Å²) in [6, 6.07) is 0. The monoisotopic (exact) mass is 227 g/mol. The van der Waals surface area contributed by atoms with Crippen LogP contribution in [-0.4, -0.2) is 37.7 Å². The van der Waals surface area contributed by atoms with Crippen LogP contribution in [0.25, 0.3) is 0 Å². The van der Waals surface area contributed by atoms with Crippen LogP contribution in [-0.2, 0) is 4.74 Å². The smallest absolute Gasteiger partial charge is 0.0495 e. The zero-order valence-electron chi connectivity index (χ0n) is 11.2. The summed E-state index contributed by atoms with van der Waals surface area (Å²) in [6.07, 6.45) is 7.83. The molecule has 1 saturated heterocycles. The molecule has 1 rings (SSSR count). The van der Waals surface area contributed by atoms with Crippen LogP contribution in [0.3, 0.4) is 0 Å². The molecule has 1 aliphatic heterocycles. The van der Waals surface area contributed by atoms with E-state index in [0.29, 0.717) is 0 Å². The van der Waals surface area contributed by atoms with E-state index in [9.17, 15) is 0 Å². The maximum Gasteiger partial charge on any atom is 0.0495 e. The van der Waals surface area contributed by atoms with Crippen molar-refractivity contribution in [3.63, 3.8) is 0 Å². The third-order valence-corrected chi connectivity index (χ3v) is 3.53. The highest BCUT2D eigenvalue weighted by Gasteiger charge is 2.18. The highest BCUT2D eigenvalue weighted by molar-refractivity contribution is 4.71. The number of ether oxygens (including phenoxy) is 1. The molecule has 0 amide bonds. The maximum atomic E-state index is 5.71. The normalized spacial score (nSPS) is 19.1. The Bertz CT molecular complexity index is 153. The quantitative estimate of drug-likeness (QED) is 0.590. The van der Waals surface area contributed by atoms with Gasteiger partial charge in [0.05, 0.1) is 0 Å². The topological polar surface area (TPSA) is 12.5 Å². The lowest BCUT2D eigenvalue weighted by Crippen LogP contribution is -2.35. The molecule has 2 nitrogen and oxygen atoms in total. The van der Waals surface area contributed by atoms with Gasteiger partial charge in [-0.15, -0.1) is 0 Å². The summed E-state index contributed by atoms with van der Waals surface area (Å²) >= 11 is 0. The Morgan fingerprint density at radius 2 is 1.75 bits per heavy atom. The minimum atomic E-state index is 0.828. The molecule has 0 aromatic rings. The van der Waals surface area contributed by atoms with Crippen LogP contribution >= 0.6 is 0 Å². The Kier molecular flexibility index (Phi) is 7.87. The molecular weight excluding hydrogens is 198 g/mol. The van der Waals surface area contributed by atoms with Crippen molar-refractivity contribution in [1.29, 1.82) is 0 Å². The van der Waals surface area contributed by atoms with E-state index in [2.05, 4.69) is 18.7 Å². The van der Waals surface area contributed by atoms with Crippen molar-refractivity contribution in [2.24, 2.45) is 5.92 Å². The first kappa shape index (κ1) is 14.0. The van der Waals surface area contributed by atoms with Crippen LogP contribution in [0.5, 0.6) is 0 Å². The van der Waals surface area contributed by atoms with Crippen molar-refractivity contribution in [3.8, 4) is 0 Å². The van der Waals surface area contributed by atoms with Gasteiger partial charge in [0.25, 0.3) is 0 Å². The van der Waals surface area contributed by atoms with Gasteiger partial charge in [0, 0.05) is 13.2 Å². The summed E-state index contributed by atoms with van der Waals surface area (Å²) in [6.45, 7) is 10.3. The average molecular weight is 227 g/mol. The zero-order valence-corrected chi connectivity index (χ0v) is 11.2. The molecule has 0 atom stereocenters. The first-order valence-corrected chi connectivity index (χ1v) is 7.16. The van der Waals surface area contributed by atoms with Gasteiger partial charge >= 0.3 is 0 Å². The second-order valence-electron chi connectivity index (χ2n) is 5.07. The molecule has 0 N–H and O–H groups in total. The largest absolute Gasteiger partial charge is 0.381 e. The summed E-state index contributed by atoms with van der Waals surface area (Å²) in [4.78, 5) is 2.62. The highest BCUT2D eigenvalue weighted by Crippen LogP contribution is 2.17. The molecule has 0 bridgehead atoms. The maximum absolute atomic E-state index is 5.71. The van der Waals surface area contributed by atoms with Crippen LogP contribution in [0, 0.1) is 5.92 Å². The molecule has 16 heavy (non-hydrogen) atoms. The number of hydrogen-bond donors (Lipinski definition) is 0. The fraction of sp³-hybridized carbons (Fsp3) is 1.00. The third kappa shape index (κ3) is 5.86. The predicted octanol–water partition coefficient (Wildman–Crippen LogP) is 3.32. The molecule has 0 aromatic heterocycles. The van der Waals surface area contributed by atoms with Crippen molar-refractivity contribution >= 4 is 0 Å². The molecule has 0 aromatic carbocycles.